The molecule has 0 aromatic rings. The Bertz CT molecular complexity index is 184. The Morgan fingerprint density at radius 3 is 2.85 bits per heavy atom. The van der Waals surface area contributed by atoms with Gasteiger partial charge in [-0.3, -0.25) is 4.79 Å². The Morgan fingerprint density at radius 2 is 2.31 bits per heavy atom. The lowest BCUT2D eigenvalue weighted by Crippen LogP contribution is -2.45. The zero-order valence-corrected chi connectivity index (χ0v) is 9.18. The van der Waals surface area contributed by atoms with Crippen molar-refractivity contribution in [3.8, 4) is 0 Å². The molecule has 1 amide bonds. The second-order valence-electron chi connectivity index (χ2n) is 3.75. The highest BCUT2D eigenvalue weighted by Crippen LogP contribution is 2.19. The minimum atomic E-state index is -0.319. The average Bonchev–Trinajstić information content (AvgIpc) is 2.16. The molecular weight excluding hydrogens is 186 g/mol. The Balaban J connectivity index is 2.53. The number of carbonyl (C=O) groups excluding carboxylic acids is 1. The van der Waals surface area contributed by atoms with E-state index in [0.717, 1.165) is 25.8 Å². The van der Waals surface area contributed by atoms with E-state index in [1.165, 1.54) is 6.42 Å². The molecule has 1 saturated heterocycles. The highest BCUT2D eigenvalue weighted by molar-refractivity contribution is 6.30. The fourth-order valence-corrected chi connectivity index (χ4v) is 1.91. The van der Waals surface area contributed by atoms with Gasteiger partial charge in [0.2, 0.25) is 5.91 Å². The van der Waals surface area contributed by atoms with Crippen LogP contribution in [0.2, 0.25) is 0 Å². The van der Waals surface area contributed by atoms with E-state index in [9.17, 15) is 4.79 Å². The fourth-order valence-electron chi connectivity index (χ4n) is 1.78. The van der Waals surface area contributed by atoms with Gasteiger partial charge in [-0.1, -0.05) is 6.92 Å². The molecular formula is C10H18ClNO. The molecule has 0 unspecified atom stereocenters. The summed E-state index contributed by atoms with van der Waals surface area (Å²) in [6, 6.07) is 0.383. The lowest BCUT2D eigenvalue weighted by Gasteiger charge is -2.34. The Labute approximate surface area is 85.2 Å². The molecule has 1 aliphatic rings. The predicted octanol–water partition coefficient (Wildman–Crippen LogP) is 2.40. The van der Waals surface area contributed by atoms with E-state index in [2.05, 4.69) is 6.92 Å². The van der Waals surface area contributed by atoms with E-state index in [1.807, 2.05) is 11.8 Å². The molecule has 1 rings (SSSR count). The largest absolute Gasteiger partial charge is 0.339 e. The lowest BCUT2D eigenvalue weighted by atomic mass is 10.0. The SMILES string of the molecule is CC[C@@H](Cl)C(=O)N1CCCC[C@@H]1C. The van der Waals surface area contributed by atoms with E-state index in [4.69, 9.17) is 11.6 Å². The third kappa shape index (κ3) is 2.60. The van der Waals surface area contributed by atoms with Crippen molar-refractivity contribution in [3.63, 3.8) is 0 Å². The van der Waals surface area contributed by atoms with Crippen LogP contribution in [0.15, 0.2) is 0 Å². The van der Waals surface area contributed by atoms with Gasteiger partial charge in [-0.05, 0) is 32.6 Å². The van der Waals surface area contributed by atoms with Crippen LogP contribution >= 0.6 is 11.6 Å². The number of hydrogen-bond acceptors (Lipinski definition) is 1. The van der Waals surface area contributed by atoms with Crippen molar-refractivity contribution >= 4 is 17.5 Å². The van der Waals surface area contributed by atoms with E-state index >= 15 is 0 Å². The van der Waals surface area contributed by atoms with Gasteiger partial charge in [0.1, 0.15) is 5.38 Å². The molecule has 1 aliphatic heterocycles. The van der Waals surface area contributed by atoms with Gasteiger partial charge in [0.05, 0.1) is 0 Å². The maximum absolute atomic E-state index is 11.7. The van der Waals surface area contributed by atoms with Gasteiger partial charge in [-0.15, -0.1) is 11.6 Å². The van der Waals surface area contributed by atoms with Gasteiger partial charge in [0.25, 0.3) is 0 Å². The van der Waals surface area contributed by atoms with Crippen molar-refractivity contribution in [1.29, 1.82) is 0 Å². The normalized spacial score (nSPS) is 25.8. The van der Waals surface area contributed by atoms with Crippen LogP contribution in [-0.2, 0) is 4.79 Å². The summed E-state index contributed by atoms with van der Waals surface area (Å²) in [6.07, 6.45) is 4.22. The molecule has 13 heavy (non-hydrogen) atoms. The zero-order valence-electron chi connectivity index (χ0n) is 8.42. The smallest absolute Gasteiger partial charge is 0.240 e. The summed E-state index contributed by atoms with van der Waals surface area (Å²) < 4.78 is 0. The first kappa shape index (κ1) is 10.8. The first-order valence-corrected chi connectivity index (χ1v) is 5.55. The molecule has 2 atom stereocenters. The first-order valence-electron chi connectivity index (χ1n) is 5.11. The second-order valence-corrected chi connectivity index (χ2v) is 4.28. The summed E-state index contributed by atoms with van der Waals surface area (Å²) in [5.41, 5.74) is 0. The van der Waals surface area contributed by atoms with Crippen LogP contribution < -0.4 is 0 Å². The summed E-state index contributed by atoms with van der Waals surface area (Å²) in [5, 5.41) is -0.319. The van der Waals surface area contributed by atoms with Crippen molar-refractivity contribution < 1.29 is 4.79 Å². The van der Waals surface area contributed by atoms with Crippen molar-refractivity contribution in [1.82, 2.24) is 4.90 Å². The third-order valence-corrected chi connectivity index (χ3v) is 3.21. The molecule has 0 aliphatic carbocycles. The minimum absolute atomic E-state index is 0.122. The summed E-state index contributed by atoms with van der Waals surface area (Å²) in [4.78, 5) is 13.7. The van der Waals surface area contributed by atoms with E-state index in [0.29, 0.717) is 6.04 Å². The van der Waals surface area contributed by atoms with E-state index < -0.39 is 0 Å². The zero-order chi connectivity index (χ0) is 9.84. The monoisotopic (exact) mass is 203 g/mol. The van der Waals surface area contributed by atoms with E-state index in [1.54, 1.807) is 0 Å². The number of hydrogen-bond donors (Lipinski definition) is 0. The van der Waals surface area contributed by atoms with Crippen molar-refractivity contribution in [2.45, 2.75) is 50.9 Å². The number of likely N-dealkylation sites (tertiary alicyclic amines) is 1. The van der Waals surface area contributed by atoms with Gasteiger partial charge < -0.3 is 4.90 Å². The average molecular weight is 204 g/mol. The second kappa shape index (κ2) is 4.85. The van der Waals surface area contributed by atoms with Crippen LogP contribution in [-0.4, -0.2) is 28.8 Å². The molecule has 0 N–H and O–H groups in total. The minimum Gasteiger partial charge on any atom is -0.339 e. The number of amides is 1. The standard InChI is InChI=1S/C10H18ClNO/c1-3-9(11)10(13)12-7-5-4-6-8(12)2/h8-9H,3-7H2,1-2H3/t8-,9+/m0/s1. The molecule has 0 aromatic heterocycles. The van der Waals surface area contributed by atoms with Gasteiger partial charge in [-0.2, -0.15) is 0 Å². The number of halogens is 1. The summed E-state index contributed by atoms with van der Waals surface area (Å²) >= 11 is 5.92. The van der Waals surface area contributed by atoms with Gasteiger partial charge >= 0.3 is 0 Å². The van der Waals surface area contributed by atoms with Crippen LogP contribution in [0.25, 0.3) is 0 Å². The van der Waals surface area contributed by atoms with Crippen LogP contribution in [0, 0.1) is 0 Å². The van der Waals surface area contributed by atoms with Crippen LogP contribution in [0.4, 0.5) is 0 Å². The quantitative estimate of drug-likeness (QED) is 0.632. The maximum atomic E-state index is 11.7. The molecule has 0 saturated carbocycles. The number of alkyl halides is 1. The predicted molar refractivity (Wildman–Crippen MR) is 55.0 cm³/mol. The molecule has 2 nitrogen and oxygen atoms in total. The summed E-state index contributed by atoms with van der Waals surface area (Å²) in [6.45, 7) is 4.95. The number of nitrogens with zero attached hydrogens (tertiary/aromatic N) is 1. The number of piperidine rings is 1. The molecule has 1 fully saturated rings. The molecule has 76 valence electrons. The summed E-state index contributed by atoms with van der Waals surface area (Å²) in [7, 11) is 0. The van der Waals surface area contributed by atoms with Crippen LogP contribution in [0.1, 0.15) is 39.5 Å². The highest BCUT2D eigenvalue weighted by Gasteiger charge is 2.26. The van der Waals surface area contributed by atoms with Gasteiger partial charge in [0.15, 0.2) is 0 Å². The van der Waals surface area contributed by atoms with E-state index in [-0.39, 0.29) is 11.3 Å². The van der Waals surface area contributed by atoms with Crippen molar-refractivity contribution in [3.05, 3.63) is 0 Å². The fraction of sp³-hybridized carbons (Fsp3) is 0.900. The molecule has 0 radical (unpaired) electrons. The Morgan fingerprint density at radius 1 is 1.62 bits per heavy atom. The van der Waals surface area contributed by atoms with Crippen LogP contribution in [0.5, 0.6) is 0 Å². The van der Waals surface area contributed by atoms with Crippen molar-refractivity contribution in [2.24, 2.45) is 0 Å². The molecule has 1 heterocycles. The highest BCUT2D eigenvalue weighted by atomic mass is 35.5. The Hall–Kier alpha value is -0.240. The number of rotatable bonds is 2. The number of carbonyl (C=O) groups is 1. The van der Waals surface area contributed by atoms with Gasteiger partial charge in [0, 0.05) is 12.6 Å². The third-order valence-electron chi connectivity index (χ3n) is 2.71. The first-order chi connectivity index (χ1) is 6.16. The molecule has 0 bridgehead atoms. The summed E-state index contributed by atoms with van der Waals surface area (Å²) in [5.74, 6) is 0.122. The Kier molecular flexibility index (Phi) is 4.04. The van der Waals surface area contributed by atoms with Gasteiger partial charge in [-0.25, -0.2) is 0 Å². The molecule has 0 aromatic carbocycles. The topological polar surface area (TPSA) is 20.3 Å². The van der Waals surface area contributed by atoms with Crippen LogP contribution in [0.3, 0.4) is 0 Å². The molecule has 3 heteroatoms. The molecule has 0 spiro atoms. The maximum Gasteiger partial charge on any atom is 0.240 e. The van der Waals surface area contributed by atoms with Crippen molar-refractivity contribution in [2.75, 3.05) is 6.54 Å². The lowest BCUT2D eigenvalue weighted by molar-refractivity contribution is -0.134.